The summed E-state index contributed by atoms with van der Waals surface area (Å²) in [6.07, 6.45) is 1.58. The summed E-state index contributed by atoms with van der Waals surface area (Å²) in [6, 6.07) is 14.0. The molecule has 0 saturated heterocycles. The first kappa shape index (κ1) is 22.8. The second-order valence-electron chi connectivity index (χ2n) is 6.08. The predicted octanol–water partition coefficient (Wildman–Crippen LogP) is 5.15. The van der Waals surface area contributed by atoms with Crippen molar-refractivity contribution in [2.45, 2.75) is 21.4 Å². The lowest BCUT2D eigenvalue weighted by atomic mass is 10.2. The van der Waals surface area contributed by atoms with Gasteiger partial charge in [-0.05, 0) is 52.2 Å². The van der Waals surface area contributed by atoms with Crippen LogP contribution in [0.25, 0.3) is 0 Å². The van der Waals surface area contributed by atoms with E-state index in [1.54, 1.807) is 25.1 Å². The van der Waals surface area contributed by atoms with E-state index >= 15 is 0 Å². The van der Waals surface area contributed by atoms with Crippen LogP contribution in [0.2, 0.25) is 0 Å². The Morgan fingerprint density at radius 1 is 1.20 bits per heavy atom. The van der Waals surface area contributed by atoms with Crippen LogP contribution < -0.4 is 10.2 Å². The van der Waals surface area contributed by atoms with Crippen LogP contribution in [0.3, 0.4) is 0 Å². The molecule has 0 radical (unpaired) electrons. The van der Waals surface area contributed by atoms with E-state index < -0.39 is 0 Å². The third kappa shape index (κ3) is 7.12. The SMILES string of the molecule is COc1ccc(C=NNC(=O)CSc2nnc(SCc3ccc(C)cc3)s2)cc1Br. The number of benzene rings is 2. The van der Waals surface area contributed by atoms with E-state index in [2.05, 4.69) is 67.8 Å². The number of amides is 1. The molecule has 156 valence electrons. The number of nitrogens with one attached hydrogen (secondary N) is 1. The highest BCUT2D eigenvalue weighted by atomic mass is 79.9. The summed E-state index contributed by atoms with van der Waals surface area (Å²) < 4.78 is 7.66. The van der Waals surface area contributed by atoms with Crippen LogP contribution in [0.5, 0.6) is 5.75 Å². The van der Waals surface area contributed by atoms with Gasteiger partial charge in [-0.3, -0.25) is 4.79 Å². The molecule has 0 aliphatic carbocycles. The molecule has 1 amide bonds. The number of aromatic nitrogens is 2. The van der Waals surface area contributed by atoms with E-state index in [-0.39, 0.29) is 11.7 Å². The Balaban J connectivity index is 1.41. The van der Waals surface area contributed by atoms with E-state index in [0.29, 0.717) is 0 Å². The van der Waals surface area contributed by atoms with Crippen LogP contribution in [-0.4, -0.2) is 35.2 Å². The minimum atomic E-state index is -0.201. The number of rotatable bonds is 9. The molecule has 0 spiro atoms. The molecule has 1 N–H and O–H groups in total. The molecule has 3 aromatic rings. The zero-order valence-corrected chi connectivity index (χ0v) is 20.3. The van der Waals surface area contributed by atoms with Crippen molar-refractivity contribution in [2.24, 2.45) is 5.10 Å². The van der Waals surface area contributed by atoms with E-state index in [4.69, 9.17) is 4.74 Å². The van der Waals surface area contributed by atoms with E-state index in [1.807, 2.05) is 18.2 Å². The van der Waals surface area contributed by atoms with Crippen LogP contribution in [0.1, 0.15) is 16.7 Å². The normalized spacial score (nSPS) is 11.0. The molecule has 1 aromatic heterocycles. The standard InChI is InChI=1S/C20H19BrN4O2S3/c1-13-3-5-14(6-4-13)11-28-19-24-25-20(30-19)29-12-18(26)23-22-10-15-7-8-17(27-2)16(21)9-15/h3-10H,11-12H2,1-2H3,(H,23,26). The number of hydrogen-bond donors (Lipinski definition) is 1. The molecule has 0 fully saturated rings. The number of aryl methyl sites for hydroxylation is 1. The molecule has 0 aliphatic rings. The van der Waals surface area contributed by atoms with E-state index in [9.17, 15) is 4.79 Å². The van der Waals surface area contributed by atoms with Crippen LogP contribution in [0, 0.1) is 6.92 Å². The number of carbonyl (C=O) groups is 1. The van der Waals surface area contributed by atoms with Gasteiger partial charge in [0.1, 0.15) is 5.75 Å². The van der Waals surface area contributed by atoms with Crippen molar-refractivity contribution in [2.75, 3.05) is 12.9 Å². The van der Waals surface area contributed by atoms with Gasteiger partial charge in [0.05, 0.1) is 23.5 Å². The Morgan fingerprint density at radius 2 is 1.93 bits per heavy atom. The zero-order valence-electron chi connectivity index (χ0n) is 16.3. The fourth-order valence-corrected chi connectivity index (χ4v) is 5.57. The summed E-state index contributed by atoms with van der Waals surface area (Å²) in [5.41, 5.74) is 5.86. The highest BCUT2D eigenvalue weighted by molar-refractivity contribution is 9.10. The first-order valence-corrected chi connectivity index (χ1v) is 12.4. The number of carbonyl (C=O) groups excluding carboxylic acids is 1. The summed E-state index contributed by atoms with van der Waals surface area (Å²) in [6.45, 7) is 2.07. The van der Waals surface area contributed by atoms with Gasteiger partial charge < -0.3 is 4.74 Å². The number of hydrazone groups is 1. The highest BCUT2D eigenvalue weighted by Crippen LogP contribution is 2.30. The lowest BCUT2D eigenvalue weighted by molar-refractivity contribution is -0.118. The molecular formula is C20H19BrN4O2S3. The molecule has 0 unspecified atom stereocenters. The number of halogens is 1. The average Bonchev–Trinajstić information content (AvgIpc) is 3.20. The third-order valence-corrected chi connectivity index (χ3v) is 7.66. The maximum Gasteiger partial charge on any atom is 0.250 e. The first-order chi connectivity index (χ1) is 14.5. The molecule has 30 heavy (non-hydrogen) atoms. The van der Waals surface area contributed by atoms with Crippen molar-refractivity contribution in [3.63, 3.8) is 0 Å². The van der Waals surface area contributed by atoms with Gasteiger partial charge >= 0.3 is 0 Å². The van der Waals surface area contributed by atoms with Crippen molar-refractivity contribution in [1.82, 2.24) is 15.6 Å². The number of nitrogens with zero attached hydrogens (tertiary/aromatic N) is 3. The van der Waals surface area contributed by atoms with Crippen molar-refractivity contribution in [1.29, 1.82) is 0 Å². The van der Waals surface area contributed by atoms with Crippen molar-refractivity contribution in [3.05, 3.63) is 63.6 Å². The van der Waals surface area contributed by atoms with Crippen LogP contribution in [0.4, 0.5) is 0 Å². The third-order valence-electron chi connectivity index (χ3n) is 3.78. The predicted molar refractivity (Wildman–Crippen MR) is 128 cm³/mol. The number of ether oxygens (including phenoxy) is 1. The molecule has 0 bridgehead atoms. The molecule has 3 rings (SSSR count). The Morgan fingerprint density at radius 3 is 2.63 bits per heavy atom. The molecule has 2 aromatic carbocycles. The van der Waals surface area contributed by atoms with Gasteiger partial charge in [-0.15, -0.1) is 10.2 Å². The molecule has 10 heteroatoms. The van der Waals surface area contributed by atoms with Crippen LogP contribution in [-0.2, 0) is 10.5 Å². The lowest BCUT2D eigenvalue weighted by Crippen LogP contribution is -2.19. The Bertz CT molecular complexity index is 1030. The van der Waals surface area contributed by atoms with Gasteiger partial charge in [-0.25, -0.2) is 5.43 Å². The van der Waals surface area contributed by atoms with Gasteiger partial charge in [0.2, 0.25) is 0 Å². The molecule has 0 aliphatic heterocycles. The van der Waals surface area contributed by atoms with Gasteiger partial charge in [0, 0.05) is 5.75 Å². The minimum Gasteiger partial charge on any atom is -0.496 e. The van der Waals surface area contributed by atoms with Crippen LogP contribution >= 0.6 is 50.8 Å². The van der Waals surface area contributed by atoms with Gasteiger partial charge in [-0.2, -0.15) is 5.10 Å². The topological polar surface area (TPSA) is 76.5 Å². The number of thioether (sulfide) groups is 2. The maximum atomic E-state index is 12.0. The molecular weight excluding hydrogens is 504 g/mol. The second-order valence-corrected chi connectivity index (χ2v) is 10.4. The molecule has 0 saturated carbocycles. The monoisotopic (exact) mass is 522 g/mol. The summed E-state index contributed by atoms with van der Waals surface area (Å²) in [5.74, 6) is 1.60. The lowest BCUT2D eigenvalue weighted by Gasteiger charge is -2.03. The summed E-state index contributed by atoms with van der Waals surface area (Å²) in [7, 11) is 1.61. The highest BCUT2D eigenvalue weighted by Gasteiger charge is 2.09. The van der Waals surface area contributed by atoms with Gasteiger partial charge in [0.25, 0.3) is 5.91 Å². The van der Waals surface area contributed by atoms with E-state index in [0.717, 1.165) is 30.2 Å². The Hall–Kier alpha value is -1.88. The van der Waals surface area contributed by atoms with Crippen LogP contribution in [0.15, 0.2) is 60.7 Å². The van der Waals surface area contributed by atoms with Gasteiger partial charge in [0.15, 0.2) is 8.68 Å². The summed E-state index contributed by atoms with van der Waals surface area (Å²) in [4.78, 5) is 12.0. The average molecular weight is 524 g/mol. The second kappa shape index (κ2) is 11.5. The summed E-state index contributed by atoms with van der Waals surface area (Å²) >= 11 is 7.90. The first-order valence-electron chi connectivity index (χ1n) is 8.83. The molecule has 1 heterocycles. The van der Waals surface area contributed by atoms with Gasteiger partial charge in [-0.1, -0.05) is 64.7 Å². The Kier molecular flexibility index (Phi) is 8.74. The molecule has 6 nitrogen and oxygen atoms in total. The maximum absolute atomic E-state index is 12.0. The fourth-order valence-electron chi connectivity index (χ4n) is 2.24. The summed E-state index contributed by atoms with van der Waals surface area (Å²) in [5, 5.41) is 12.3. The number of methoxy groups -OCH3 is 1. The number of hydrogen-bond acceptors (Lipinski definition) is 8. The van der Waals surface area contributed by atoms with Crippen molar-refractivity contribution in [3.8, 4) is 5.75 Å². The van der Waals surface area contributed by atoms with E-state index in [1.165, 1.54) is 34.2 Å². The van der Waals surface area contributed by atoms with Crippen molar-refractivity contribution >= 4 is 62.9 Å². The Labute approximate surface area is 196 Å². The van der Waals surface area contributed by atoms with Crippen molar-refractivity contribution < 1.29 is 9.53 Å². The largest absolute Gasteiger partial charge is 0.496 e. The quantitative estimate of drug-likeness (QED) is 0.238. The minimum absolute atomic E-state index is 0.201. The molecule has 0 atom stereocenters. The fraction of sp³-hybridized carbons (Fsp3) is 0.200. The smallest absolute Gasteiger partial charge is 0.250 e. The zero-order chi connectivity index (χ0) is 21.3.